The van der Waals surface area contributed by atoms with Gasteiger partial charge in [0.05, 0.1) is 19.4 Å². The molecule has 1 N–H and O–H groups in total. The summed E-state index contributed by atoms with van der Waals surface area (Å²) in [6.07, 6.45) is 1.86. The molecule has 0 fully saturated rings. The second-order valence-corrected chi connectivity index (χ2v) is 4.59. The third-order valence-electron chi connectivity index (χ3n) is 3.04. The van der Waals surface area contributed by atoms with Gasteiger partial charge in [0.15, 0.2) is 0 Å². The first-order valence-electron chi connectivity index (χ1n) is 5.68. The van der Waals surface area contributed by atoms with Crippen molar-refractivity contribution in [3.8, 4) is 5.75 Å². The number of hydrogen-bond donors (Lipinski definition) is 1. The molecule has 0 radical (unpaired) electrons. The zero-order valence-electron chi connectivity index (χ0n) is 11.5. The monoisotopic (exact) mass is 238 g/mol. The Balaban J connectivity index is 3.44. The van der Waals surface area contributed by atoms with Gasteiger partial charge in [-0.15, -0.1) is 0 Å². The maximum absolute atomic E-state index is 5.49. The summed E-state index contributed by atoms with van der Waals surface area (Å²) in [6.45, 7) is 6.71. The summed E-state index contributed by atoms with van der Waals surface area (Å²) >= 11 is 0. The predicted octanol–water partition coefficient (Wildman–Crippen LogP) is 2.00. The molecule has 0 saturated carbocycles. The average Bonchev–Trinajstić information content (AvgIpc) is 2.31. The van der Waals surface area contributed by atoms with E-state index in [9.17, 15) is 0 Å². The minimum absolute atomic E-state index is 0.188. The molecule has 0 amide bonds. The number of nitrogens with zero attached hydrogens (tertiary/aromatic N) is 1. The van der Waals surface area contributed by atoms with Crippen molar-refractivity contribution < 1.29 is 9.47 Å². The summed E-state index contributed by atoms with van der Waals surface area (Å²) in [5.41, 5.74) is 2.87. The predicted molar refractivity (Wildman–Crippen MR) is 68.3 cm³/mol. The van der Waals surface area contributed by atoms with Crippen LogP contribution in [-0.2, 0) is 16.9 Å². The van der Waals surface area contributed by atoms with E-state index in [0.29, 0.717) is 6.61 Å². The van der Waals surface area contributed by atoms with Gasteiger partial charge in [-0.05, 0) is 27.8 Å². The van der Waals surface area contributed by atoms with Crippen LogP contribution < -0.4 is 10.1 Å². The number of ether oxygens (including phenoxy) is 2. The first-order valence-corrected chi connectivity index (χ1v) is 5.68. The quantitative estimate of drug-likeness (QED) is 0.852. The van der Waals surface area contributed by atoms with Crippen LogP contribution >= 0.6 is 0 Å². The van der Waals surface area contributed by atoms with Gasteiger partial charge in [-0.1, -0.05) is 0 Å². The first kappa shape index (κ1) is 13.9. The lowest BCUT2D eigenvalue weighted by Crippen LogP contribution is -2.35. The van der Waals surface area contributed by atoms with E-state index in [1.807, 2.05) is 20.2 Å². The topological polar surface area (TPSA) is 43.4 Å². The van der Waals surface area contributed by atoms with Crippen molar-refractivity contribution in [3.63, 3.8) is 0 Å². The number of aromatic nitrogens is 1. The summed E-state index contributed by atoms with van der Waals surface area (Å²) in [7, 11) is 5.30. The van der Waals surface area contributed by atoms with Gasteiger partial charge in [0.2, 0.25) is 0 Å². The lowest BCUT2D eigenvalue weighted by molar-refractivity contribution is 0.181. The number of aryl methyl sites for hydroxylation is 1. The van der Waals surface area contributed by atoms with E-state index in [0.717, 1.165) is 22.6 Å². The van der Waals surface area contributed by atoms with E-state index in [-0.39, 0.29) is 5.54 Å². The van der Waals surface area contributed by atoms with Gasteiger partial charge in [-0.3, -0.25) is 4.98 Å². The Morgan fingerprint density at radius 3 is 2.47 bits per heavy atom. The van der Waals surface area contributed by atoms with Gasteiger partial charge < -0.3 is 14.8 Å². The van der Waals surface area contributed by atoms with Gasteiger partial charge >= 0.3 is 0 Å². The fourth-order valence-corrected chi connectivity index (χ4v) is 1.95. The average molecular weight is 238 g/mol. The maximum atomic E-state index is 5.49. The Morgan fingerprint density at radius 1 is 1.35 bits per heavy atom. The zero-order chi connectivity index (χ0) is 13.1. The molecule has 0 aliphatic rings. The van der Waals surface area contributed by atoms with Gasteiger partial charge in [0.25, 0.3) is 0 Å². The molecule has 0 aliphatic carbocycles. The summed E-state index contributed by atoms with van der Waals surface area (Å²) in [6, 6.07) is 0. The zero-order valence-corrected chi connectivity index (χ0v) is 11.5. The lowest BCUT2D eigenvalue weighted by atomic mass is 9.89. The minimum atomic E-state index is -0.188. The third kappa shape index (κ3) is 2.76. The number of hydrogen-bond acceptors (Lipinski definition) is 4. The Kier molecular flexibility index (Phi) is 4.48. The third-order valence-corrected chi connectivity index (χ3v) is 3.04. The van der Waals surface area contributed by atoms with Crippen molar-refractivity contribution >= 4 is 0 Å². The van der Waals surface area contributed by atoms with Gasteiger partial charge in [-0.25, -0.2) is 0 Å². The molecular formula is C13H22N2O2. The van der Waals surface area contributed by atoms with Crippen LogP contribution in [0.2, 0.25) is 0 Å². The van der Waals surface area contributed by atoms with Crippen molar-refractivity contribution in [2.75, 3.05) is 21.3 Å². The number of rotatable bonds is 5. The summed E-state index contributed by atoms with van der Waals surface area (Å²) < 4.78 is 10.7. The molecule has 4 heteroatoms. The molecule has 0 aliphatic heterocycles. The minimum Gasteiger partial charge on any atom is -0.494 e. The molecule has 1 rings (SSSR count). The molecule has 4 nitrogen and oxygen atoms in total. The van der Waals surface area contributed by atoms with Crippen molar-refractivity contribution in [2.24, 2.45) is 0 Å². The highest BCUT2D eigenvalue weighted by Gasteiger charge is 2.27. The van der Waals surface area contributed by atoms with Crippen LogP contribution in [0.15, 0.2) is 6.20 Å². The normalized spacial score (nSPS) is 11.6. The Bertz CT molecular complexity index is 389. The van der Waals surface area contributed by atoms with Crippen LogP contribution in [0.3, 0.4) is 0 Å². The molecule has 1 aromatic heterocycles. The first-order chi connectivity index (χ1) is 7.97. The van der Waals surface area contributed by atoms with Crippen molar-refractivity contribution in [1.82, 2.24) is 10.3 Å². The molecule has 17 heavy (non-hydrogen) atoms. The molecule has 1 aromatic rings. The van der Waals surface area contributed by atoms with Gasteiger partial charge in [-0.2, -0.15) is 0 Å². The second-order valence-electron chi connectivity index (χ2n) is 4.59. The van der Waals surface area contributed by atoms with Crippen LogP contribution in [0, 0.1) is 6.92 Å². The molecule has 0 aromatic carbocycles. The SMILES string of the molecule is CNC(C)(C)c1c(COC)cnc(C)c1OC. The molecular weight excluding hydrogens is 216 g/mol. The van der Waals surface area contributed by atoms with Crippen molar-refractivity contribution in [2.45, 2.75) is 32.9 Å². The maximum Gasteiger partial charge on any atom is 0.145 e. The second kappa shape index (κ2) is 5.47. The Morgan fingerprint density at radius 2 is 2.00 bits per heavy atom. The van der Waals surface area contributed by atoms with Gasteiger partial charge in [0.1, 0.15) is 5.75 Å². The fraction of sp³-hybridized carbons (Fsp3) is 0.615. The summed E-state index contributed by atoms with van der Waals surface area (Å²) in [5.74, 6) is 0.832. The highest BCUT2D eigenvalue weighted by Crippen LogP contribution is 2.34. The number of pyridine rings is 1. The van der Waals surface area contributed by atoms with Crippen LogP contribution in [-0.4, -0.2) is 26.3 Å². The van der Waals surface area contributed by atoms with E-state index in [2.05, 4.69) is 24.1 Å². The summed E-state index contributed by atoms with van der Waals surface area (Å²) in [5, 5.41) is 3.30. The van der Waals surface area contributed by atoms with Crippen molar-refractivity contribution in [3.05, 3.63) is 23.0 Å². The molecule has 0 saturated heterocycles. The Hall–Kier alpha value is -1.13. The van der Waals surface area contributed by atoms with Crippen molar-refractivity contribution in [1.29, 1.82) is 0 Å². The molecule has 0 unspecified atom stereocenters. The number of methoxy groups -OCH3 is 2. The molecule has 0 spiro atoms. The molecule has 0 atom stereocenters. The van der Waals surface area contributed by atoms with E-state index >= 15 is 0 Å². The highest BCUT2D eigenvalue weighted by atomic mass is 16.5. The smallest absolute Gasteiger partial charge is 0.145 e. The van der Waals surface area contributed by atoms with E-state index in [1.54, 1.807) is 14.2 Å². The van der Waals surface area contributed by atoms with Crippen LogP contribution in [0.25, 0.3) is 0 Å². The fourth-order valence-electron chi connectivity index (χ4n) is 1.95. The van der Waals surface area contributed by atoms with Gasteiger partial charge in [0, 0.05) is 30.0 Å². The van der Waals surface area contributed by atoms with Crippen LogP contribution in [0.5, 0.6) is 5.75 Å². The van der Waals surface area contributed by atoms with E-state index < -0.39 is 0 Å². The van der Waals surface area contributed by atoms with E-state index in [4.69, 9.17) is 9.47 Å². The molecule has 1 heterocycles. The molecule has 0 bridgehead atoms. The summed E-state index contributed by atoms with van der Waals surface area (Å²) in [4.78, 5) is 4.34. The molecule has 96 valence electrons. The Labute approximate surface area is 103 Å². The van der Waals surface area contributed by atoms with Crippen LogP contribution in [0.4, 0.5) is 0 Å². The largest absolute Gasteiger partial charge is 0.494 e. The van der Waals surface area contributed by atoms with E-state index in [1.165, 1.54) is 0 Å². The van der Waals surface area contributed by atoms with Crippen LogP contribution in [0.1, 0.15) is 30.7 Å². The number of nitrogens with one attached hydrogen (secondary N) is 1. The lowest BCUT2D eigenvalue weighted by Gasteiger charge is -2.29. The highest BCUT2D eigenvalue weighted by molar-refractivity contribution is 5.46. The standard InChI is InChI=1S/C13H22N2O2/c1-9-12(17-6)11(13(2,3)14-4)10(7-15-9)8-16-5/h7,14H,8H2,1-6H3.